The minimum atomic E-state index is 1.05. The zero-order valence-corrected chi connectivity index (χ0v) is 8.40. The van der Waals surface area contributed by atoms with E-state index in [2.05, 4.69) is 13.2 Å². The molecule has 50 valence electrons. The Kier molecular flexibility index (Phi) is 2.70. The van der Waals surface area contributed by atoms with Crippen LogP contribution in [0.1, 0.15) is 5.56 Å². The van der Waals surface area contributed by atoms with Gasteiger partial charge in [-0.25, -0.2) is 0 Å². The summed E-state index contributed by atoms with van der Waals surface area (Å²) in [6.07, 6.45) is 2.08. The molecule has 0 unspecified atom stereocenters. The second-order valence-electron chi connectivity index (χ2n) is 1.57. The predicted octanol–water partition coefficient (Wildman–Crippen LogP) is 3.57. The highest BCUT2D eigenvalue weighted by atomic mass is 32.9. The lowest BCUT2D eigenvalue weighted by atomic mass is 10.5. The molecule has 0 bridgehead atoms. The van der Waals surface area contributed by atoms with Gasteiger partial charge in [-0.1, -0.05) is 32.9 Å². The maximum absolute atomic E-state index is 5.06. The fourth-order valence-corrected chi connectivity index (χ4v) is 4.55. The van der Waals surface area contributed by atoms with Gasteiger partial charge in [0.15, 0.2) is 0 Å². The predicted molar refractivity (Wildman–Crippen MR) is 49.5 cm³/mol. The Morgan fingerprint density at radius 1 is 1.44 bits per heavy atom. The van der Waals surface area contributed by atoms with Crippen molar-refractivity contribution in [1.82, 2.24) is 0 Å². The van der Waals surface area contributed by atoms with Crippen molar-refractivity contribution in [2.75, 3.05) is 6.26 Å². The SMILES string of the molecule is CSc1ssc(=S)c1C. The molecule has 0 aromatic carbocycles. The summed E-state index contributed by atoms with van der Waals surface area (Å²) in [5.41, 5.74) is 1.28. The Morgan fingerprint density at radius 2 is 2.11 bits per heavy atom. The van der Waals surface area contributed by atoms with Gasteiger partial charge in [0.1, 0.15) is 3.82 Å². The van der Waals surface area contributed by atoms with Gasteiger partial charge >= 0.3 is 0 Å². The summed E-state index contributed by atoms with van der Waals surface area (Å²) in [5.74, 6) is 0. The fourth-order valence-electron chi connectivity index (χ4n) is 0.471. The smallest absolute Gasteiger partial charge is 0.105 e. The lowest BCUT2D eigenvalue weighted by molar-refractivity contribution is 1.43. The zero-order chi connectivity index (χ0) is 6.85. The van der Waals surface area contributed by atoms with Crippen LogP contribution in [-0.2, 0) is 0 Å². The van der Waals surface area contributed by atoms with Gasteiger partial charge in [-0.05, 0) is 13.2 Å². The number of thioether (sulfide) groups is 1. The monoisotopic (exact) mass is 194 g/mol. The first-order valence-corrected chi connectivity index (χ1v) is 6.17. The van der Waals surface area contributed by atoms with Crippen molar-refractivity contribution in [3.63, 3.8) is 0 Å². The highest BCUT2D eigenvalue weighted by Gasteiger charge is 1.99. The first-order valence-electron chi connectivity index (χ1n) is 2.39. The lowest BCUT2D eigenvalue weighted by Gasteiger charge is -1.86. The minimum Gasteiger partial charge on any atom is -0.118 e. The molecule has 0 saturated carbocycles. The zero-order valence-electron chi connectivity index (χ0n) is 5.13. The van der Waals surface area contributed by atoms with Crippen molar-refractivity contribution >= 4 is 44.7 Å². The van der Waals surface area contributed by atoms with E-state index in [1.807, 2.05) is 0 Å². The summed E-state index contributed by atoms with van der Waals surface area (Å²) in [5, 5.41) is 0. The third kappa shape index (κ3) is 1.55. The molecule has 4 heteroatoms. The second kappa shape index (κ2) is 3.14. The van der Waals surface area contributed by atoms with Crippen LogP contribution in [0.2, 0.25) is 0 Å². The van der Waals surface area contributed by atoms with Gasteiger partial charge in [0.05, 0.1) is 4.21 Å². The number of hydrogen-bond acceptors (Lipinski definition) is 4. The van der Waals surface area contributed by atoms with Crippen LogP contribution in [0.3, 0.4) is 0 Å². The lowest BCUT2D eigenvalue weighted by Crippen LogP contribution is -1.64. The molecule has 0 N–H and O–H groups in total. The van der Waals surface area contributed by atoms with Crippen LogP contribution in [0.5, 0.6) is 0 Å². The normalized spacial score (nSPS) is 10.0. The van der Waals surface area contributed by atoms with Crippen LogP contribution in [0.4, 0.5) is 0 Å². The van der Waals surface area contributed by atoms with Crippen LogP contribution in [-0.4, -0.2) is 6.26 Å². The van der Waals surface area contributed by atoms with Gasteiger partial charge < -0.3 is 0 Å². The summed E-state index contributed by atoms with van der Waals surface area (Å²) in [4.78, 5) is 0. The highest BCUT2D eigenvalue weighted by molar-refractivity contribution is 8.02. The molecule has 0 fully saturated rings. The third-order valence-corrected chi connectivity index (χ3v) is 5.86. The van der Waals surface area contributed by atoms with E-state index in [4.69, 9.17) is 12.2 Å². The van der Waals surface area contributed by atoms with E-state index in [9.17, 15) is 0 Å². The average Bonchev–Trinajstić information content (AvgIpc) is 2.15. The number of rotatable bonds is 1. The molecule has 0 radical (unpaired) electrons. The van der Waals surface area contributed by atoms with Crippen LogP contribution < -0.4 is 0 Å². The molecular weight excluding hydrogens is 188 g/mol. The molecule has 1 heterocycles. The summed E-state index contributed by atoms with van der Waals surface area (Å²) >= 11 is 6.83. The van der Waals surface area contributed by atoms with Crippen molar-refractivity contribution in [1.29, 1.82) is 0 Å². The average molecular weight is 194 g/mol. The van der Waals surface area contributed by atoms with Crippen LogP contribution in [0.25, 0.3) is 0 Å². The standard InChI is InChI=1S/C5H6S4/c1-3-4(6)8-9-5(3)7-2/h1-2H3. The largest absolute Gasteiger partial charge is 0.118 e. The van der Waals surface area contributed by atoms with Crippen molar-refractivity contribution in [2.24, 2.45) is 0 Å². The van der Waals surface area contributed by atoms with E-state index in [0.717, 1.165) is 3.82 Å². The molecule has 1 aromatic rings. The van der Waals surface area contributed by atoms with E-state index in [0.29, 0.717) is 0 Å². The van der Waals surface area contributed by atoms with E-state index >= 15 is 0 Å². The molecule has 0 saturated heterocycles. The minimum absolute atomic E-state index is 1.05. The quantitative estimate of drug-likeness (QED) is 0.381. The van der Waals surface area contributed by atoms with E-state index < -0.39 is 0 Å². The molecule has 0 aliphatic rings. The van der Waals surface area contributed by atoms with Crippen LogP contribution >= 0.6 is 44.7 Å². The van der Waals surface area contributed by atoms with Crippen LogP contribution in [0, 0.1) is 10.7 Å². The molecule has 0 aliphatic carbocycles. The van der Waals surface area contributed by atoms with Gasteiger partial charge in [0.2, 0.25) is 0 Å². The molecular formula is C5H6S4. The van der Waals surface area contributed by atoms with Gasteiger partial charge in [-0.15, -0.1) is 11.8 Å². The van der Waals surface area contributed by atoms with Crippen molar-refractivity contribution in [3.05, 3.63) is 9.39 Å². The maximum atomic E-state index is 5.06. The van der Waals surface area contributed by atoms with Gasteiger partial charge in [0, 0.05) is 5.56 Å². The summed E-state index contributed by atoms with van der Waals surface area (Å²) in [6.45, 7) is 2.08. The summed E-state index contributed by atoms with van der Waals surface area (Å²) in [7, 11) is 3.47. The van der Waals surface area contributed by atoms with Crippen molar-refractivity contribution < 1.29 is 0 Å². The molecule has 0 atom stereocenters. The first kappa shape index (κ1) is 7.72. The Hall–Kier alpha value is 0.620. The second-order valence-corrected chi connectivity index (χ2v) is 5.46. The Morgan fingerprint density at radius 3 is 2.33 bits per heavy atom. The fraction of sp³-hybridized carbons (Fsp3) is 0.400. The maximum Gasteiger partial charge on any atom is 0.105 e. The Balaban J connectivity index is 3.20. The molecule has 1 aromatic heterocycles. The molecule has 1 rings (SSSR count). The van der Waals surface area contributed by atoms with Gasteiger partial charge in [-0.3, -0.25) is 0 Å². The molecule has 0 amide bonds. The van der Waals surface area contributed by atoms with E-state index in [1.54, 1.807) is 32.4 Å². The Labute approximate surface area is 71.3 Å². The molecule has 9 heavy (non-hydrogen) atoms. The molecule has 0 aliphatic heterocycles. The third-order valence-electron chi connectivity index (χ3n) is 0.991. The van der Waals surface area contributed by atoms with E-state index in [-0.39, 0.29) is 0 Å². The summed E-state index contributed by atoms with van der Waals surface area (Å²) < 4.78 is 2.41. The molecule has 0 nitrogen and oxygen atoms in total. The topological polar surface area (TPSA) is 0 Å². The Bertz CT molecular complexity index is 244. The summed E-state index contributed by atoms with van der Waals surface area (Å²) in [6, 6.07) is 0. The molecule has 0 spiro atoms. The van der Waals surface area contributed by atoms with Crippen molar-refractivity contribution in [3.8, 4) is 0 Å². The van der Waals surface area contributed by atoms with Crippen molar-refractivity contribution in [2.45, 2.75) is 11.1 Å². The van der Waals surface area contributed by atoms with Crippen LogP contribution in [0.15, 0.2) is 4.21 Å². The highest BCUT2D eigenvalue weighted by Crippen LogP contribution is 2.31. The first-order chi connectivity index (χ1) is 4.25. The van der Waals surface area contributed by atoms with Gasteiger partial charge in [0.25, 0.3) is 0 Å². The van der Waals surface area contributed by atoms with E-state index in [1.165, 1.54) is 9.77 Å². The van der Waals surface area contributed by atoms with Gasteiger partial charge in [-0.2, -0.15) is 0 Å². The number of hydrogen-bond donors (Lipinski definition) is 0.